The fourth-order valence-corrected chi connectivity index (χ4v) is 6.04. The molecule has 2 aliphatic carbocycles. The SMILES string of the molecule is O=C(NC1CCCCC1)C(=O)[C@H](C[C@@H]1CCNC1=O)NC(=O)[C@H](CC1CCC1)NC(=O)c1cc2ccccc2[nH]1. The van der Waals surface area contributed by atoms with E-state index < -0.39 is 41.5 Å². The van der Waals surface area contributed by atoms with E-state index in [1.165, 1.54) is 0 Å². The fourth-order valence-electron chi connectivity index (χ4n) is 6.04. The number of aromatic amines is 1. The van der Waals surface area contributed by atoms with Gasteiger partial charge in [0.2, 0.25) is 17.6 Å². The molecule has 214 valence electrons. The summed E-state index contributed by atoms with van der Waals surface area (Å²) >= 11 is 0. The van der Waals surface area contributed by atoms with Crippen LogP contribution in [0.2, 0.25) is 0 Å². The third-order valence-electron chi connectivity index (χ3n) is 8.67. The maximum atomic E-state index is 13.6. The highest BCUT2D eigenvalue weighted by atomic mass is 16.2. The van der Waals surface area contributed by atoms with Gasteiger partial charge in [0, 0.05) is 29.4 Å². The number of aromatic nitrogens is 1. The first-order chi connectivity index (χ1) is 19.4. The number of H-pyrrole nitrogens is 1. The van der Waals surface area contributed by atoms with Crippen LogP contribution in [0.4, 0.5) is 0 Å². The van der Waals surface area contributed by atoms with Gasteiger partial charge in [0.05, 0.1) is 6.04 Å². The van der Waals surface area contributed by atoms with Crippen molar-refractivity contribution in [3.8, 4) is 0 Å². The first-order valence-corrected chi connectivity index (χ1v) is 14.7. The molecule has 5 N–H and O–H groups in total. The Bertz CT molecular complexity index is 1230. The van der Waals surface area contributed by atoms with Crippen molar-refractivity contribution in [2.24, 2.45) is 11.8 Å². The molecule has 1 aliphatic heterocycles. The van der Waals surface area contributed by atoms with Crippen LogP contribution in [0.25, 0.3) is 10.9 Å². The summed E-state index contributed by atoms with van der Waals surface area (Å²) in [4.78, 5) is 68.5. The Morgan fingerprint density at radius 1 is 0.875 bits per heavy atom. The molecule has 10 heteroatoms. The molecule has 0 bridgehead atoms. The molecule has 3 fully saturated rings. The fraction of sp³-hybridized carbons (Fsp3) is 0.567. The summed E-state index contributed by atoms with van der Waals surface area (Å²) in [5, 5.41) is 12.1. The van der Waals surface area contributed by atoms with Gasteiger partial charge in [0.15, 0.2) is 0 Å². The number of fused-ring (bicyclic) bond motifs is 1. The van der Waals surface area contributed by atoms with Gasteiger partial charge in [-0.15, -0.1) is 0 Å². The molecule has 3 atom stereocenters. The van der Waals surface area contributed by atoms with E-state index in [0.717, 1.165) is 62.3 Å². The van der Waals surface area contributed by atoms with Crippen LogP contribution in [-0.2, 0) is 19.2 Å². The number of Topliss-reactive ketones (excluding diaryl/α,β-unsaturated/α-hetero) is 1. The average Bonchev–Trinajstić information content (AvgIpc) is 3.55. The minimum Gasteiger partial charge on any atom is -0.356 e. The normalized spacial score (nSPS) is 21.2. The average molecular weight is 550 g/mol. The quantitative estimate of drug-likeness (QED) is 0.273. The van der Waals surface area contributed by atoms with Gasteiger partial charge in [-0.1, -0.05) is 56.7 Å². The van der Waals surface area contributed by atoms with Crippen molar-refractivity contribution in [3.05, 3.63) is 36.0 Å². The second-order valence-corrected chi connectivity index (χ2v) is 11.6. The number of amides is 4. The Labute approximate surface area is 233 Å². The number of ketones is 1. The van der Waals surface area contributed by atoms with Gasteiger partial charge in [-0.2, -0.15) is 0 Å². The van der Waals surface area contributed by atoms with Crippen LogP contribution < -0.4 is 21.3 Å². The van der Waals surface area contributed by atoms with Crippen LogP contribution >= 0.6 is 0 Å². The molecule has 2 aromatic rings. The zero-order chi connectivity index (χ0) is 28.1. The van der Waals surface area contributed by atoms with Crippen molar-refractivity contribution >= 4 is 40.3 Å². The lowest BCUT2D eigenvalue weighted by atomic mass is 9.80. The third kappa shape index (κ3) is 6.71. The zero-order valence-corrected chi connectivity index (χ0v) is 22.8. The number of nitrogens with one attached hydrogen (secondary N) is 5. The zero-order valence-electron chi connectivity index (χ0n) is 22.8. The third-order valence-corrected chi connectivity index (χ3v) is 8.67. The standard InChI is InChI=1S/C30H39N5O5/c36-26(30(40)32-21-10-2-1-3-11-21)23(17-20-13-14-31-27(20)37)34-28(38)24(15-18-7-6-8-18)35-29(39)25-16-19-9-4-5-12-22(19)33-25/h4-5,9,12,16,18,20-21,23-24,33H,1-3,6-8,10-11,13-15,17H2,(H,31,37)(H,32,40)(H,34,38)(H,35,39)/t20-,23-,24-/m0/s1. The molecule has 5 rings (SSSR count). The van der Waals surface area contributed by atoms with E-state index in [9.17, 15) is 24.0 Å². The number of carbonyl (C=O) groups excluding carboxylic acids is 5. The smallest absolute Gasteiger partial charge is 0.289 e. The molecule has 0 spiro atoms. The maximum absolute atomic E-state index is 13.6. The Morgan fingerprint density at radius 2 is 1.65 bits per heavy atom. The molecular weight excluding hydrogens is 510 g/mol. The second-order valence-electron chi connectivity index (χ2n) is 11.6. The van der Waals surface area contributed by atoms with E-state index in [-0.39, 0.29) is 18.4 Å². The van der Waals surface area contributed by atoms with Crippen molar-refractivity contribution in [3.63, 3.8) is 0 Å². The molecule has 1 aromatic carbocycles. The van der Waals surface area contributed by atoms with Gasteiger partial charge < -0.3 is 26.3 Å². The summed E-state index contributed by atoms with van der Waals surface area (Å²) in [6.07, 6.45) is 8.80. The molecule has 1 aromatic heterocycles. The highest BCUT2D eigenvalue weighted by Gasteiger charge is 2.37. The Balaban J connectivity index is 1.30. The van der Waals surface area contributed by atoms with Crippen LogP contribution in [0, 0.1) is 11.8 Å². The topological polar surface area (TPSA) is 149 Å². The van der Waals surface area contributed by atoms with Gasteiger partial charge in [0.1, 0.15) is 11.7 Å². The van der Waals surface area contributed by atoms with Crippen molar-refractivity contribution in [2.45, 2.75) is 88.8 Å². The number of hydrogen-bond donors (Lipinski definition) is 5. The molecule has 3 aliphatic rings. The van der Waals surface area contributed by atoms with Gasteiger partial charge in [0.25, 0.3) is 11.8 Å². The predicted octanol–water partition coefficient (Wildman–Crippen LogP) is 2.49. The summed E-state index contributed by atoms with van der Waals surface area (Å²) in [6, 6.07) is 7.18. The van der Waals surface area contributed by atoms with Crippen LogP contribution in [0.1, 0.15) is 81.1 Å². The highest BCUT2D eigenvalue weighted by Crippen LogP contribution is 2.31. The second kappa shape index (κ2) is 12.7. The van der Waals surface area contributed by atoms with Crippen LogP contribution in [0.3, 0.4) is 0 Å². The lowest BCUT2D eigenvalue weighted by Gasteiger charge is -2.30. The molecule has 0 unspecified atom stereocenters. The van der Waals surface area contributed by atoms with E-state index in [2.05, 4.69) is 26.3 Å². The number of benzene rings is 1. The van der Waals surface area contributed by atoms with E-state index in [4.69, 9.17) is 0 Å². The van der Waals surface area contributed by atoms with E-state index in [1.807, 2.05) is 24.3 Å². The molecule has 2 heterocycles. The van der Waals surface area contributed by atoms with Gasteiger partial charge in [-0.3, -0.25) is 24.0 Å². The number of hydrogen-bond acceptors (Lipinski definition) is 5. The monoisotopic (exact) mass is 549 g/mol. The summed E-state index contributed by atoms with van der Waals surface area (Å²) < 4.78 is 0. The molecule has 1 saturated heterocycles. The van der Waals surface area contributed by atoms with Gasteiger partial charge >= 0.3 is 0 Å². The van der Waals surface area contributed by atoms with Crippen molar-refractivity contribution in [1.29, 1.82) is 0 Å². The van der Waals surface area contributed by atoms with Crippen LogP contribution in [-0.4, -0.2) is 59.1 Å². The molecule has 0 radical (unpaired) electrons. The summed E-state index contributed by atoms with van der Waals surface area (Å²) in [6.45, 7) is 0.498. The first-order valence-electron chi connectivity index (χ1n) is 14.7. The number of rotatable bonds is 11. The Hall–Kier alpha value is -3.69. The predicted molar refractivity (Wildman–Crippen MR) is 149 cm³/mol. The lowest BCUT2D eigenvalue weighted by molar-refractivity contribution is -0.141. The number of para-hydroxylation sites is 1. The molecule has 40 heavy (non-hydrogen) atoms. The van der Waals surface area contributed by atoms with Crippen molar-refractivity contribution in [2.75, 3.05) is 6.54 Å². The lowest BCUT2D eigenvalue weighted by Crippen LogP contribution is -2.55. The van der Waals surface area contributed by atoms with E-state index >= 15 is 0 Å². The van der Waals surface area contributed by atoms with Gasteiger partial charge in [-0.05, 0) is 50.2 Å². The molecule has 10 nitrogen and oxygen atoms in total. The summed E-state index contributed by atoms with van der Waals surface area (Å²) in [5.41, 5.74) is 1.16. The first kappa shape index (κ1) is 27.9. The Morgan fingerprint density at radius 3 is 2.33 bits per heavy atom. The molecular formula is C30H39N5O5. The Kier molecular flexibility index (Phi) is 8.81. The van der Waals surface area contributed by atoms with Gasteiger partial charge in [-0.25, -0.2) is 0 Å². The molecule has 2 saturated carbocycles. The van der Waals surface area contributed by atoms with Crippen molar-refractivity contribution in [1.82, 2.24) is 26.3 Å². The van der Waals surface area contributed by atoms with Crippen LogP contribution in [0.15, 0.2) is 30.3 Å². The highest BCUT2D eigenvalue weighted by molar-refractivity contribution is 6.38. The molecule has 4 amide bonds. The maximum Gasteiger partial charge on any atom is 0.289 e. The van der Waals surface area contributed by atoms with E-state index in [0.29, 0.717) is 31.0 Å². The van der Waals surface area contributed by atoms with E-state index in [1.54, 1.807) is 6.07 Å². The summed E-state index contributed by atoms with van der Waals surface area (Å²) in [5.74, 6) is -2.76. The minimum atomic E-state index is -1.15. The minimum absolute atomic E-state index is 0.0423. The summed E-state index contributed by atoms with van der Waals surface area (Å²) in [7, 11) is 0. The number of carbonyl (C=O) groups is 5. The van der Waals surface area contributed by atoms with Crippen molar-refractivity contribution < 1.29 is 24.0 Å². The van der Waals surface area contributed by atoms with Crippen LogP contribution in [0.5, 0.6) is 0 Å². The largest absolute Gasteiger partial charge is 0.356 e.